The van der Waals surface area contributed by atoms with E-state index in [-0.39, 0.29) is 0 Å². The van der Waals surface area contributed by atoms with Gasteiger partial charge in [0.15, 0.2) is 5.75 Å². The van der Waals surface area contributed by atoms with Gasteiger partial charge in [-0.05, 0) is 32.7 Å². The standard InChI is InChI=1S/C13H25N3O/c1-5-9-16-12(13(17-4)10-15-16)8-7-11(3)14-6-2/h10-11,14H,5-9H2,1-4H3. The van der Waals surface area contributed by atoms with E-state index in [0.29, 0.717) is 6.04 Å². The predicted octanol–water partition coefficient (Wildman–Crippen LogP) is 2.23. The highest BCUT2D eigenvalue weighted by molar-refractivity contribution is 5.25. The van der Waals surface area contributed by atoms with Crippen molar-refractivity contribution in [2.75, 3.05) is 13.7 Å². The topological polar surface area (TPSA) is 39.1 Å². The molecule has 0 aliphatic heterocycles. The maximum Gasteiger partial charge on any atom is 0.159 e. The fourth-order valence-corrected chi connectivity index (χ4v) is 2.02. The van der Waals surface area contributed by atoms with Crippen molar-refractivity contribution in [3.05, 3.63) is 11.9 Å². The Morgan fingerprint density at radius 2 is 2.24 bits per heavy atom. The lowest BCUT2D eigenvalue weighted by atomic mass is 10.1. The molecular weight excluding hydrogens is 214 g/mol. The fraction of sp³-hybridized carbons (Fsp3) is 0.769. The minimum atomic E-state index is 0.537. The number of aryl methyl sites for hydroxylation is 1. The van der Waals surface area contributed by atoms with Crippen LogP contribution in [0.2, 0.25) is 0 Å². The summed E-state index contributed by atoms with van der Waals surface area (Å²) in [7, 11) is 1.71. The molecule has 17 heavy (non-hydrogen) atoms. The summed E-state index contributed by atoms with van der Waals surface area (Å²) < 4.78 is 7.43. The Labute approximate surface area is 104 Å². The molecule has 0 aliphatic rings. The van der Waals surface area contributed by atoms with Gasteiger partial charge in [-0.15, -0.1) is 0 Å². The minimum absolute atomic E-state index is 0.537. The van der Waals surface area contributed by atoms with Gasteiger partial charge in [0.05, 0.1) is 19.0 Å². The molecule has 0 bridgehead atoms. The summed E-state index contributed by atoms with van der Waals surface area (Å²) >= 11 is 0. The number of methoxy groups -OCH3 is 1. The first kappa shape index (κ1) is 14.0. The second-order valence-corrected chi connectivity index (χ2v) is 4.38. The normalized spacial score (nSPS) is 12.7. The fourth-order valence-electron chi connectivity index (χ4n) is 2.02. The van der Waals surface area contributed by atoms with Crippen LogP contribution in [0.15, 0.2) is 6.20 Å². The van der Waals surface area contributed by atoms with Crippen LogP contribution >= 0.6 is 0 Å². The zero-order chi connectivity index (χ0) is 12.7. The number of rotatable bonds is 8. The maximum absolute atomic E-state index is 5.36. The van der Waals surface area contributed by atoms with Crippen molar-refractivity contribution in [3.63, 3.8) is 0 Å². The van der Waals surface area contributed by atoms with Gasteiger partial charge in [-0.25, -0.2) is 0 Å². The Kier molecular flexibility index (Phi) is 6.05. The summed E-state index contributed by atoms with van der Waals surface area (Å²) in [5.74, 6) is 0.919. The van der Waals surface area contributed by atoms with Crippen LogP contribution in [-0.4, -0.2) is 29.5 Å². The monoisotopic (exact) mass is 239 g/mol. The van der Waals surface area contributed by atoms with Gasteiger partial charge in [-0.1, -0.05) is 13.8 Å². The van der Waals surface area contributed by atoms with Crippen LogP contribution < -0.4 is 10.1 Å². The van der Waals surface area contributed by atoms with Crippen molar-refractivity contribution in [1.82, 2.24) is 15.1 Å². The van der Waals surface area contributed by atoms with Gasteiger partial charge >= 0.3 is 0 Å². The van der Waals surface area contributed by atoms with E-state index in [2.05, 4.69) is 35.9 Å². The van der Waals surface area contributed by atoms with Gasteiger partial charge < -0.3 is 10.1 Å². The maximum atomic E-state index is 5.36. The lowest BCUT2D eigenvalue weighted by Crippen LogP contribution is -2.26. The van der Waals surface area contributed by atoms with E-state index in [0.717, 1.165) is 38.1 Å². The van der Waals surface area contributed by atoms with E-state index in [1.807, 2.05) is 6.20 Å². The third-order valence-electron chi connectivity index (χ3n) is 2.93. The first-order valence-electron chi connectivity index (χ1n) is 6.54. The van der Waals surface area contributed by atoms with E-state index < -0.39 is 0 Å². The predicted molar refractivity (Wildman–Crippen MR) is 70.5 cm³/mol. The lowest BCUT2D eigenvalue weighted by Gasteiger charge is -2.13. The minimum Gasteiger partial charge on any atom is -0.493 e. The average Bonchev–Trinajstić information content (AvgIpc) is 2.70. The highest BCUT2D eigenvalue weighted by Gasteiger charge is 2.12. The molecule has 1 heterocycles. The van der Waals surface area contributed by atoms with Crippen LogP contribution in [0.3, 0.4) is 0 Å². The Bertz CT molecular complexity index is 322. The first-order valence-corrected chi connectivity index (χ1v) is 6.54. The molecule has 0 saturated carbocycles. The van der Waals surface area contributed by atoms with E-state index in [1.165, 1.54) is 5.69 Å². The van der Waals surface area contributed by atoms with Crippen molar-refractivity contribution in [2.45, 2.75) is 52.6 Å². The molecule has 0 spiro atoms. The lowest BCUT2D eigenvalue weighted by molar-refractivity contribution is 0.403. The highest BCUT2D eigenvalue weighted by Crippen LogP contribution is 2.20. The molecule has 0 aliphatic carbocycles. The molecule has 0 fully saturated rings. The molecule has 4 heteroatoms. The smallest absolute Gasteiger partial charge is 0.159 e. The van der Waals surface area contributed by atoms with Gasteiger partial charge in [-0.3, -0.25) is 4.68 Å². The summed E-state index contributed by atoms with van der Waals surface area (Å²) in [6, 6.07) is 0.537. The zero-order valence-corrected chi connectivity index (χ0v) is 11.5. The molecule has 1 aromatic heterocycles. The summed E-state index contributed by atoms with van der Waals surface area (Å²) in [6.45, 7) is 8.51. The van der Waals surface area contributed by atoms with Gasteiger partial charge in [0.1, 0.15) is 0 Å². The average molecular weight is 239 g/mol. The molecule has 0 aromatic carbocycles. The van der Waals surface area contributed by atoms with Crippen molar-refractivity contribution < 1.29 is 4.74 Å². The van der Waals surface area contributed by atoms with Gasteiger partial charge in [-0.2, -0.15) is 5.10 Å². The number of nitrogens with one attached hydrogen (secondary N) is 1. The van der Waals surface area contributed by atoms with Crippen LogP contribution in [0.5, 0.6) is 5.75 Å². The van der Waals surface area contributed by atoms with Crippen LogP contribution in [-0.2, 0) is 13.0 Å². The highest BCUT2D eigenvalue weighted by atomic mass is 16.5. The van der Waals surface area contributed by atoms with Gasteiger partial charge in [0.2, 0.25) is 0 Å². The summed E-state index contributed by atoms with van der Waals surface area (Å²) in [5, 5.41) is 7.80. The second-order valence-electron chi connectivity index (χ2n) is 4.38. The molecule has 1 rings (SSSR count). The Balaban J connectivity index is 2.63. The molecular formula is C13H25N3O. The molecule has 98 valence electrons. The summed E-state index contributed by atoms with van der Waals surface area (Å²) in [6.07, 6.45) is 5.04. The van der Waals surface area contributed by atoms with E-state index in [9.17, 15) is 0 Å². The third kappa shape index (κ3) is 4.04. The number of hydrogen-bond acceptors (Lipinski definition) is 3. The zero-order valence-electron chi connectivity index (χ0n) is 11.5. The van der Waals surface area contributed by atoms with Crippen molar-refractivity contribution >= 4 is 0 Å². The largest absolute Gasteiger partial charge is 0.493 e. The molecule has 1 unspecified atom stereocenters. The number of aromatic nitrogens is 2. The molecule has 0 radical (unpaired) electrons. The second kappa shape index (κ2) is 7.33. The molecule has 0 saturated heterocycles. The third-order valence-corrected chi connectivity index (χ3v) is 2.93. The summed E-state index contributed by atoms with van der Waals surface area (Å²) in [5.41, 5.74) is 1.22. The van der Waals surface area contributed by atoms with Crippen LogP contribution in [0.1, 0.15) is 39.3 Å². The van der Waals surface area contributed by atoms with Crippen LogP contribution in [0, 0.1) is 0 Å². The van der Waals surface area contributed by atoms with Gasteiger partial charge in [0, 0.05) is 12.6 Å². The van der Waals surface area contributed by atoms with Crippen molar-refractivity contribution in [3.8, 4) is 5.75 Å². The number of nitrogens with zero attached hydrogens (tertiary/aromatic N) is 2. The Morgan fingerprint density at radius 1 is 1.47 bits per heavy atom. The van der Waals surface area contributed by atoms with Crippen molar-refractivity contribution in [2.24, 2.45) is 0 Å². The SMILES string of the molecule is CCCn1ncc(OC)c1CCC(C)NCC. The number of ether oxygens (including phenoxy) is 1. The van der Waals surface area contributed by atoms with E-state index in [1.54, 1.807) is 7.11 Å². The van der Waals surface area contributed by atoms with Crippen molar-refractivity contribution in [1.29, 1.82) is 0 Å². The quantitative estimate of drug-likeness (QED) is 0.756. The first-order chi connectivity index (χ1) is 8.22. The summed E-state index contributed by atoms with van der Waals surface area (Å²) in [4.78, 5) is 0. The molecule has 0 amide bonds. The Hall–Kier alpha value is -1.03. The molecule has 1 atom stereocenters. The van der Waals surface area contributed by atoms with E-state index >= 15 is 0 Å². The Morgan fingerprint density at radius 3 is 2.82 bits per heavy atom. The van der Waals surface area contributed by atoms with Crippen LogP contribution in [0.4, 0.5) is 0 Å². The molecule has 4 nitrogen and oxygen atoms in total. The van der Waals surface area contributed by atoms with E-state index in [4.69, 9.17) is 4.74 Å². The van der Waals surface area contributed by atoms with Gasteiger partial charge in [0.25, 0.3) is 0 Å². The molecule has 1 N–H and O–H groups in total. The number of hydrogen-bond donors (Lipinski definition) is 1. The molecule has 1 aromatic rings. The van der Waals surface area contributed by atoms with Crippen LogP contribution in [0.25, 0.3) is 0 Å².